The summed E-state index contributed by atoms with van der Waals surface area (Å²) in [7, 11) is 0. The smallest absolute Gasteiger partial charge is 0.193 e. The van der Waals surface area contributed by atoms with Crippen LogP contribution in [0.3, 0.4) is 0 Å². The molecule has 0 aromatic carbocycles. The molecule has 0 aromatic heterocycles. The van der Waals surface area contributed by atoms with E-state index in [1.54, 1.807) is 0 Å². The summed E-state index contributed by atoms with van der Waals surface area (Å²) in [5.41, 5.74) is 4.90. The van der Waals surface area contributed by atoms with E-state index in [4.69, 9.17) is 21.1 Å². The molecule has 10 heavy (non-hydrogen) atoms. The summed E-state index contributed by atoms with van der Waals surface area (Å²) >= 11 is 0. The average Bonchev–Trinajstić information content (AvgIpc) is 2.00. The second-order valence-electron chi connectivity index (χ2n) is 1.85. The molecule has 5 nitrogen and oxygen atoms in total. The number of ketones is 1. The lowest BCUT2D eigenvalue weighted by Gasteiger charge is -2.09. The van der Waals surface area contributed by atoms with Gasteiger partial charge in [-0.1, -0.05) is 0 Å². The summed E-state index contributed by atoms with van der Waals surface area (Å²) in [6, 6.07) is 0. The van der Waals surface area contributed by atoms with Gasteiger partial charge in [-0.2, -0.15) is 0 Å². The van der Waals surface area contributed by atoms with Crippen molar-refractivity contribution in [2.75, 3.05) is 13.2 Å². The Morgan fingerprint density at radius 3 is 2.20 bits per heavy atom. The first-order chi connectivity index (χ1) is 4.63. The molecule has 0 aliphatic carbocycles. The van der Waals surface area contributed by atoms with Gasteiger partial charge in [0.2, 0.25) is 0 Å². The molecule has 0 saturated carbocycles. The lowest BCUT2D eigenvalue weighted by Crippen LogP contribution is -2.38. The highest BCUT2D eigenvalue weighted by Gasteiger charge is 2.20. The summed E-state index contributed by atoms with van der Waals surface area (Å²) in [5.74, 6) is -0.843. The van der Waals surface area contributed by atoms with E-state index in [9.17, 15) is 4.79 Å². The second-order valence-corrected chi connectivity index (χ2v) is 1.85. The van der Waals surface area contributed by atoms with Crippen molar-refractivity contribution in [3.05, 3.63) is 0 Å². The van der Waals surface area contributed by atoms with Gasteiger partial charge in [0.25, 0.3) is 0 Å². The Balaban J connectivity index is 3.82. The minimum Gasteiger partial charge on any atom is -0.393 e. The van der Waals surface area contributed by atoms with Crippen molar-refractivity contribution in [3.8, 4) is 0 Å². The summed E-state index contributed by atoms with van der Waals surface area (Å²) in [4.78, 5) is 10.6. The average molecular weight is 149 g/mol. The number of carbonyl (C=O) groups is 1. The Morgan fingerprint density at radius 1 is 1.40 bits per heavy atom. The van der Waals surface area contributed by atoms with Crippen LogP contribution in [0.4, 0.5) is 0 Å². The number of aliphatic hydroxyl groups is 3. The molecular formula is C5H11NO4. The number of nitrogens with two attached hydrogens (primary N) is 1. The van der Waals surface area contributed by atoms with Crippen molar-refractivity contribution >= 4 is 5.78 Å². The molecular weight excluding hydrogens is 138 g/mol. The first kappa shape index (κ1) is 9.51. The number of hydrogen-bond donors (Lipinski definition) is 4. The molecule has 5 N–H and O–H groups in total. The maximum Gasteiger partial charge on any atom is 0.193 e. The van der Waals surface area contributed by atoms with Crippen LogP contribution in [-0.2, 0) is 4.79 Å². The zero-order valence-electron chi connectivity index (χ0n) is 5.40. The number of rotatable bonds is 4. The van der Waals surface area contributed by atoms with Gasteiger partial charge in [-0.25, -0.2) is 0 Å². The number of aliphatic hydroxyl groups excluding tert-OH is 3. The van der Waals surface area contributed by atoms with Crippen molar-refractivity contribution in [2.45, 2.75) is 12.2 Å². The molecule has 0 aliphatic rings. The molecule has 0 rings (SSSR count). The fraction of sp³-hybridized carbons (Fsp3) is 0.800. The zero-order valence-corrected chi connectivity index (χ0v) is 5.40. The van der Waals surface area contributed by atoms with Gasteiger partial charge < -0.3 is 21.1 Å². The molecule has 0 heterocycles. The predicted octanol–water partition coefficient (Wildman–Crippen LogP) is -2.77. The highest BCUT2D eigenvalue weighted by Crippen LogP contribution is 1.89. The Kier molecular flexibility index (Phi) is 4.13. The van der Waals surface area contributed by atoms with Crippen molar-refractivity contribution in [1.82, 2.24) is 0 Å². The molecule has 2 atom stereocenters. The molecule has 0 saturated heterocycles. The molecule has 5 heteroatoms. The van der Waals surface area contributed by atoms with Crippen LogP contribution in [0.1, 0.15) is 0 Å². The van der Waals surface area contributed by atoms with E-state index in [2.05, 4.69) is 0 Å². The van der Waals surface area contributed by atoms with E-state index in [0.29, 0.717) is 0 Å². The third-order valence-electron chi connectivity index (χ3n) is 1.05. The topological polar surface area (TPSA) is 104 Å². The van der Waals surface area contributed by atoms with Crippen molar-refractivity contribution < 1.29 is 20.1 Å². The zero-order chi connectivity index (χ0) is 8.15. The van der Waals surface area contributed by atoms with Crippen LogP contribution in [0.2, 0.25) is 0 Å². The maximum absolute atomic E-state index is 10.6. The van der Waals surface area contributed by atoms with Gasteiger partial charge in [-0.05, 0) is 0 Å². The largest absolute Gasteiger partial charge is 0.393 e. The van der Waals surface area contributed by atoms with E-state index in [0.717, 1.165) is 0 Å². The van der Waals surface area contributed by atoms with Crippen LogP contribution in [0, 0.1) is 0 Å². The fourth-order valence-electron chi connectivity index (χ4n) is 0.428. The third-order valence-corrected chi connectivity index (χ3v) is 1.05. The predicted molar refractivity (Wildman–Crippen MR) is 33.2 cm³/mol. The molecule has 0 aliphatic heterocycles. The molecule has 60 valence electrons. The summed E-state index contributed by atoms with van der Waals surface area (Å²) in [6.45, 7) is -0.925. The third kappa shape index (κ3) is 2.40. The van der Waals surface area contributed by atoms with Gasteiger partial charge in [0.15, 0.2) is 5.78 Å². The quantitative estimate of drug-likeness (QED) is 0.346. The highest BCUT2D eigenvalue weighted by atomic mass is 16.3. The van der Waals surface area contributed by atoms with Crippen LogP contribution in [-0.4, -0.2) is 46.5 Å². The van der Waals surface area contributed by atoms with Crippen molar-refractivity contribution in [1.29, 1.82) is 0 Å². The first-order valence-electron chi connectivity index (χ1n) is 2.84. The monoisotopic (exact) mass is 149 g/mol. The Morgan fingerprint density at radius 2 is 1.90 bits per heavy atom. The molecule has 0 fully saturated rings. The molecule has 0 spiro atoms. The van der Waals surface area contributed by atoms with Gasteiger partial charge in [0.05, 0.1) is 6.61 Å². The van der Waals surface area contributed by atoms with Gasteiger partial charge in [0.1, 0.15) is 12.2 Å². The van der Waals surface area contributed by atoms with E-state index in [1.807, 2.05) is 0 Å². The van der Waals surface area contributed by atoms with Gasteiger partial charge in [-0.3, -0.25) is 4.79 Å². The van der Waals surface area contributed by atoms with E-state index >= 15 is 0 Å². The van der Waals surface area contributed by atoms with Crippen LogP contribution in [0.5, 0.6) is 0 Å². The Hall–Kier alpha value is -0.490. The molecule has 0 aromatic rings. The van der Waals surface area contributed by atoms with Gasteiger partial charge >= 0.3 is 0 Å². The maximum atomic E-state index is 10.6. The number of hydrogen-bond acceptors (Lipinski definition) is 5. The minimum absolute atomic E-state index is 0.240. The van der Waals surface area contributed by atoms with Gasteiger partial charge in [0, 0.05) is 6.54 Å². The molecule has 0 amide bonds. The van der Waals surface area contributed by atoms with Crippen molar-refractivity contribution in [2.24, 2.45) is 5.73 Å². The second kappa shape index (κ2) is 4.35. The molecule has 0 unspecified atom stereocenters. The number of carbonyl (C=O) groups excluding carboxylic acids is 1. The first-order valence-corrected chi connectivity index (χ1v) is 2.84. The van der Waals surface area contributed by atoms with Crippen LogP contribution >= 0.6 is 0 Å². The molecule has 0 bridgehead atoms. The van der Waals surface area contributed by atoms with Gasteiger partial charge in [-0.15, -0.1) is 0 Å². The lowest BCUT2D eigenvalue weighted by atomic mass is 10.1. The Labute approximate surface area is 58.1 Å². The SMILES string of the molecule is NC[C@@H](O)C(=O)[C@@H](O)CO. The van der Waals surface area contributed by atoms with E-state index in [-0.39, 0.29) is 6.54 Å². The molecule has 0 radical (unpaired) electrons. The van der Waals surface area contributed by atoms with Crippen LogP contribution in [0.15, 0.2) is 0 Å². The standard InChI is InChI=1S/C5H11NO4/c6-1-3(8)5(10)4(9)2-7/h3-4,7-9H,1-2,6H2/t3-,4+/m1/s1. The van der Waals surface area contributed by atoms with Crippen LogP contribution < -0.4 is 5.73 Å². The summed E-state index contributed by atoms with van der Waals surface area (Å²) in [5, 5.41) is 25.5. The summed E-state index contributed by atoms with van der Waals surface area (Å²) < 4.78 is 0. The van der Waals surface area contributed by atoms with Crippen LogP contribution in [0.25, 0.3) is 0 Å². The fourth-order valence-corrected chi connectivity index (χ4v) is 0.428. The van der Waals surface area contributed by atoms with E-state index in [1.165, 1.54) is 0 Å². The lowest BCUT2D eigenvalue weighted by molar-refractivity contribution is -0.136. The van der Waals surface area contributed by atoms with Crippen molar-refractivity contribution in [3.63, 3.8) is 0 Å². The number of Topliss-reactive ketones (excluding diaryl/α,β-unsaturated/α-hetero) is 1. The normalized spacial score (nSPS) is 16.4. The minimum atomic E-state index is -1.52. The Bertz CT molecular complexity index is 104. The highest BCUT2D eigenvalue weighted by molar-refractivity contribution is 5.87. The van der Waals surface area contributed by atoms with E-state index < -0.39 is 24.6 Å². The summed E-state index contributed by atoms with van der Waals surface area (Å²) in [6.07, 6.45) is -2.89.